The van der Waals surface area contributed by atoms with Gasteiger partial charge in [-0.05, 0) is 38.9 Å². The van der Waals surface area contributed by atoms with Gasteiger partial charge in [0.15, 0.2) is 0 Å². The summed E-state index contributed by atoms with van der Waals surface area (Å²) < 4.78 is 0. The minimum atomic E-state index is 0. The van der Waals surface area contributed by atoms with Crippen LogP contribution in [-0.4, -0.2) is 49.6 Å². The molecular formula is C13H29Cl2N3O. The topological polar surface area (TPSA) is 44.4 Å². The van der Waals surface area contributed by atoms with Gasteiger partial charge in [-0.25, -0.2) is 0 Å². The highest BCUT2D eigenvalue weighted by Gasteiger charge is 2.19. The van der Waals surface area contributed by atoms with E-state index in [1.807, 2.05) is 0 Å². The fraction of sp³-hybridized carbons (Fsp3) is 0.923. The average molecular weight is 314 g/mol. The number of halogens is 2. The quantitative estimate of drug-likeness (QED) is 0.753. The van der Waals surface area contributed by atoms with Crippen LogP contribution in [0, 0.1) is 0 Å². The summed E-state index contributed by atoms with van der Waals surface area (Å²) in [6, 6.07) is 0.0463. The summed E-state index contributed by atoms with van der Waals surface area (Å²) in [5.41, 5.74) is 0. The van der Waals surface area contributed by atoms with Crippen molar-refractivity contribution in [1.29, 1.82) is 0 Å². The Morgan fingerprint density at radius 3 is 2.53 bits per heavy atom. The van der Waals surface area contributed by atoms with Gasteiger partial charge < -0.3 is 15.5 Å². The van der Waals surface area contributed by atoms with Crippen LogP contribution in [0.4, 0.5) is 0 Å². The molecule has 0 unspecified atom stereocenters. The normalized spacial score (nSPS) is 18.4. The number of piperidine rings is 1. The number of likely N-dealkylation sites (N-methyl/N-ethyl adjacent to an activating group) is 1. The molecule has 4 nitrogen and oxygen atoms in total. The largest absolute Gasteiger partial charge is 0.353 e. The maximum absolute atomic E-state index is 11.8. The molecule has 1 rings (SSSR count). The summed E-state index contributed by atoms with van der Waals surface area (Å²) in [6.45, 7) is 9.25. The van der Waals surface area contributed by atoms with Crippen LogP contribution in [0.5, 0.6) is 0 Å². The van der Waals surface area contributed by atoms with Crippen molar-refractivity contribution in [1.82, 2.24) is 15.5 Å². The molecule has 6 heteroatoms. The first-order valence-corrected chi connectivity index (χ1v) is 7.01. The molecule has 0 aromatic carbocycles. The first-order valence-electron chi connectivity index (χ1n) is 7.01. The summed E-state index contributed by atoms with van der Waals surface area (Å²) in [6.07, 6.45) is 4.52. The lowest BCUT2D eigenvalue weighted by molar-refractivity contribution is -0.123. The summed E-state index contributed by atoms with van der Waals surface area (Å²) in [4.78, 5) is 14.2. The molecule has 1 aliphatic rings. The van der Waals surface area contributed by atoms with Crippen LogP contribution >= 0.6 is 24.8 Å². The van der Waals surface area contributed by atoms with Crippen LogP contribution in [0.1, 0.15) is 39.5 Å². The van der Waals surface area contributed by atoms with Crippen molar-refractivity contribution in [3.05, 3.63) is 0 Å². The number of nitrogens with zero attached hydrogens (tertiary/aromatic N) is 1. The van der Waals surface area contributed by atoms with Gasteiger partial charge in [0.05, 0.1) is 6.04 Å². The van der Waals surface area contributed by atoms with E-state index < -0.39 is 0 Å². The van der Waals surface area contributed by atoms with Crippen LogP contribution in [-0.2, 0) is 4.79 Å². The van der Waals surface area contributed by atoms with E-state index in [2.05, 4.69) is 29.4 Å². The molecule has 1 fully saturated rings. The van der Waals surface area contributed by atoms with Crippen molar-refractivity contribution >= 4 is 30.7 Å². The van der Waals surface area contributed by atoms with E-state index in [0.29, 0.717) is 0 Å². The van der Waals surface area contributed by atoms with Gasteiger partial charge in [-0.2, -0.15) is 0 Å². The Labute approximate surface area is 129 Å². The summed E-state index contributed by atoms with van der Waals surface area (Å²) in [5, 5.41) is 6.30. The molecule has 0 aromatic heterocycles. The van der Waals surface area contributed by atoms with Gasteiger partial charge in [0.25, 0.3) is 0 Å². The first-order chi connectivity index (χ1) is 8.27. The first kappa shape index (κ1) is 21.3. The minimum Gasteiger partial charge on any atom is -0.353 e. The monoisotopic (exact) mass is 313 g/mol. The molecule has 0 saturated carbocycles. The lowest BCUT2D eigenvalue weighted by Gasteiger charge is -2.24. The smallest absolute Gasteiger partial charge is 0.237 e. The van der Waals surface area contributed by atoms with Crippen LogP contribution < -0.4 is 10.6 Å². The number of amides is 1. The van der Waals surface area contributed by atoms with Crippen LogP contribution in [0.15, 0.2) is 0 Å². The second kappa shape index (κ2) is 13.0. The van der Waals surface area contributed by atoms with Crippen LogP contribution in [0.2, 0.25) is 0 Å². The third-order valence-corrected chi connectivity index (χ3v) is 3.34. The maximum atomic E-state index is 11.8. The predicted molar refractivity (Wildman–Crippen MR) is 85.6 cm³/mol. The molecule has 0 aromatic rings. The second-order valence-electron chi connectivity index (χ2n) is 4.73. The van der Waals surface area contributed by atoms with Gasteiger partial charge in [-0.1, -0.05) is 20.3 Å². The Bertz CT molecular complexity index is 224. The molecular weight excluding hydrogens is 285 g/mol. The highest BCUT2D eigenvalue weighted by atomic mass is 35.5. The molecule has 1 aliphatic heterocycles. The number of carbonyl (C=O) groups is 1. The highest BCUT2D eigenvalue weighted by Crippen LogP contribution is 2.06. The summed E-state index contributed by atoms with van der Waals surface area (Å²) in [7, 11) is 0. The Morgan fingerprint density at radius 1 is 1.26 bits per heavy atom. The predicted octanol–water partition coefficient (Wildman–Crippen LogP) is 1.82. The number of carbonyl (C=O) groups excluding carboxylic acids is 1. The van der Waals surface area contributed by atoms with Crippen molar-refractivity contribution in [3.63, 3.8) is 0 Å². The molecule has 2 N–H and O–H groups in total. The van der Waals surface area contributed by atoms with Gasteiger partial charge in [-0.3, -0.25) is 4.79 Å². The Morgan fingerprint density at radius 2 is 2.00 bits per heavy atom. The van der Waals surface area contributed by atoms with E-state index in [0.717, 1.165) is 39.1 Å². The maximum Gasteiger partial charge on any atom is 0.237 e. The summed E-state index contributed by atoms with van der Waals surface area (Å²) in [5.74, 6) is 0.178. The van der Waals surface area contributed by atoms with Crippen molar-refractivity contribution in [2.75, 3.05) is 32.7 Å². The van der Waals surface area contributed by atoms with Gasteiger partial charge >= 0.3 is 0 Å². The molecule has 1 saturated heterocycles. The molecule has 1 atom stereocenters. The SMILES string of the molecule is CCCN(CC)CCNC(=O)[C@@H]1CCCCN1.Cl.Cl. The van der Waals surface area contributed by atoms with Crippen LogP contribution in [0.25, 0.3) is 0 Å². The Hall–Kier alpha value is -0.0300. The lowest BCUT2D eigenvalue weighted by atomic mass is 10.0. The number of hydrogen-bond donors (Lipinski definition) is 2. The van der Waals surface area contributed by atoms with E-state index in [-0.39, 0.29) is 36.8 Å². The van der Waals surface area contributed by atoms with Crippen molar-refractivity contribution in [2.24, 2.45) is 0 Å². The highest BCUT2D eigenvalue weighted by molar-refractivity contribution is 5.85. The molecule has 0 aliphatic carbocycles. The van der Waals surface area contributed by atoms with Crippen molar-refractivity contribution in [3.8, 4) is 0 Å². The molecule has 0 bridgehead atoms. The van der Waals surface area contributed by atoms with Crippen molar-refractivity contribution in [2.45, 2.75) is 45.6 Å². The van der Waals surface area contributed by atoms with Gasteiger partial charge in [0, 0.05) is 13.1 Å². The van der Waals surface area contributed by atoms with Crippen LogP contribution in [0.3, 0.4) is 0 Å². The number of hydrogen-bond acceptors (Lipinski definition) is 3. The van der Waals surface area contributed by atoms with E-state index in [4.69, 9.17) is 0 Å². The fourth-order valence-corrected chi connectivity index (χ4v) is 2.28. The third kappa shape index (κ3) is 8.69. The zero-order valence-electron chi connectivity index (χ0n) is 12.1. The molecule has 116 valence electrons. The number of nitrogens with one attached hydrogen (secondary N) is 2. The zero-order valence-corrected chi connectivity index (χ0v) is 13.7. The van der Waals surface area contributed by atoms with Gasteiger partial charge in [0.2, 0.25) is 5.91 Å². The molecule has 19 heavy (non-hydrogen) atoms. The fourth-order valence-electron chi connectivity index (χ4n) is 2.28. The van der Waals surface area contributed by atoms with E-state index in [9.17, 15) is 4.79 Å². The lowest BCUT2D eigenvalue weighted by Crippen LogP contribution is -2.48. The molecule has 1 amide bonds. The standard InChI is InChI=1S/C13H27N3O.2ClH/c1-3-10-16(4-2)11-9-15-13(17)12-7-5-6-8-14-12;;/h12,14H,3-11H2,1-2H3,(H,15,17);2*1H/t12-;;/m0../s1. The van der Waals surface area contributed by atoms with E-state index >= 15 is 0 Å². The van der Waals surface area contributed by atoms with E-state index in [1.165, 1.54) is 19.3 Å². The molecule has 0 spiro atoms. The Kier molecular flexibility index (Phi) is 14.5. The minimum absolute atomic E-state index is 0. The molecule has 1 heterocycles. The van der Waals surface area contributed by atoms with Crippen molar-refractivity contribution < 1.29 is 4.79 Å². The third-order valence-electron chi connectivity index (χ3n) is 3.34. The Balaban J connectivity index is 0. The summed E-state index contributed by atoms with van der Waals surface area (Å²) >= 11 is 0. The number of rotatable bonds is 7. The van der Waals surface area contributed by atoms with Gasteiger partial charge in [0.1, 0.15) is 0 Å². The average Bonchev–Trinajstić information content (AvgIpc) is 2.38. The van der Waals surface area contributed by atoms with E-state index in [1.54, 1.807) is 0 Å². The molecule has 0 radical (unpaired) electrons. The second-order valence-corrected chi connectivity index (χ2v) is 4.73. The van der Waals surface area contributed by atoms with Gasteiger partial charge in [-0.15, -0.1) is 24.8 Å². The zero-order chi connectivity index (χ0) is 12.5.